The van der Waals surface area contributed by atoms with Crippen molar-refractivity contribution in [2.24, 2.45) is 0 Å². The van der Waals surface area contributed by atoms with Crippen molar-refractivity contribution in [1.29, 1.82) is 0 Å². The van der Waals surface area contributed by atoms with E-state index in [1.165, 1.54) is 0 Å². The molecule has 0 radical (unpaired) electrons. The molecule has 3 aromatic rings. The van der Waals surface area contributed by atoms with E-state index in [0.717, 1.165) is 22.9 Å². The Morgan fingerprint density at radius 3 is 2.41 bits per heavy atom. The van der Waals surface area contributed by atoms with E-state index in [4.69, 9.17) is 35.4 Å². The number of aromatic nitrogens is 2. The molecule has 0 saturated heterocycles. The summed E-state index contributed by atoms with van der Waals surface area (Å²) < 4.78 is 2.52. The Bertz CT molecular complexity index is 883. The Kier molecular flexibility index (Phi) is 4.25. The van der Waals surface area contributed by atoms with E-state index in [2.05, 4.69) is 10.3 Å². The molecule has 1 heterocycles. The molecule has 6 heteroatoms. The lowest BCUT2D eigenvalue weighted by Crippen LogP contribution is -2.02. The van der Waals surface area contributed by atoms with E-state index in [0.29, 0.717) is 14.8 Å². The lowest BCUT2D eigenvalue weighted by molar-refractivity contribution is 1.04. The van der Waals surface area contributed by atoms with Crippen molar-refractivity contribution < 1.29 is 0 Å². The molecule has 0 saturated carbocycles. The Morgan fingerprint density at radius 1 is 1.05 bits per heavy atom. The first kappa shape index (κ1) is 15.2. The molecule has 0 fully saturated rings. The first-order chi connectivity index (χ1) is 10.5. The Balaban J connectivity index is 2.10. The summed E-state index contributed by atoms with van der Waals surface area (Å²) in [5.74, 6) is 0.856. The zero-order valence-corrected chi connectivity index (χ0v) is 14.1. The molecule has 0 aliphatic carbocycles. The summed E-state index contributed by atoms with van der Waals surface area (Å²) in [5.41, 5.74) is 2.72. The van der Waals surface area contributed by atoms with Gasteiger partial charge in [-0.15, -0.1) is 0 Å². The van der Waals surface area contributed by atoms with Gasteiger partial charge in [-0.1, -0.05) is 35.3 Å². The number of imidazole rings is 1. The Morgan fingerprint density at radius 2 is 1.73 bits per heavy atom. The number of anilines is 2. The molecular weight excluding hydrogens is 337 g/mol. The lowest BCUT2D eigenvalue weighted by atomic mass is 10.3. The SMILES string of the molecule is Cc1[nH]c(=S)n(-c2cccc(Cl)c2)c1Nc1cccc(Cl)c1. The van der Waals surface area contributed by atoms with Gasteiger partial charge >= 0.3 is 0 Å². The third-order valence-corrected chi connectivity index (χ3v) is 3.98. The van der Waals surface area contributed by atoms with Crippen molar-refractivity contribution in [3.63, 3.8) is 0 Å². The maximum Gasteiger partial charge on any atom is 0.183 e. The molecule has 3 rings (SSSR count). The molecule has 0 aliphatic heterocycles. The quantitative estimate of drug-likeness (QED) is 0.577. The molecule has 0 bridgehead atoms. The van der Waals surface area contributed by atoms with Crippen LogP contribution in [0.1, 0.15) is 5.69 Å². The molecule has 2 N–H and O–H groups in total. The molecule has 0 aliphatic rings. The topological polar surface area (TPSA) is 32.8 Å². The maximum atomic E-state index is 6.09. The molecular formula is C16H13Cl2N3S. The second-order valence-corrected chi connectivity index (χ2v) is 6.11. The van der Waals surface area contributed by atoms with Crippen LogP contribution in [0.5, 0.6) is 0 Å². The van der Waals surface area contributed by atoms with Crippen LogP contribution in [0, 0.1) is 11.7 Å². The van der Waals surface area contributed by atoms with Gasteiger partial charge in [0.25, 0.3) is 0 Å². The second-order valence-electron chi connectivity index (χ2n) is 4.85. The van der Waals surface area contributed by atoms with Gasteiger partial charge in [-0.05, 0) is 55.5 Å². The minimum Gasteiger partial charge on any atom is -0.340 e. The zero-order chi connectivity index (χ0) is 15.7. The number of nitrogens with one attached hydrogen (secondary N) is 2. The van der Waals surface area contributed by atoms with Crippen LogP contribution in [-0.2, 0) is 0 Å². The maximum absolute atomic E-state index is 6.09. The number of hydrogen-bond acceptors (Lipinski definition) is 2. The number of hydrogen-bond donors (Lipinski definition) is 2. The molecule has 0 amide bonds. The summed E-state index contributed by atoms with van der Waals surface area (Å²) in [6, 6.07) is 15.1. The van der Waals surface area contributed by atoms with Crippen LogP contribution in [-0.4, -0.2) is 9.55 Å². The third-order valence-electron chi connectivity index (χ3n) is 3.23. The highest BCUT2D eigenvalue weighted by Gasteiger charge is 2.11. The van der Waals surface area contributed by atoms with Crippen molar-refractivity contribution in [2.75, 3.05) is 5.32 Å². The summed E-state index contributed by atoms with van der Waals surface area (Å²) in [7, 11) is 0. The van der Waals surface area contributed by atoms with Crippen LogP contribution >= 0.6 is 35.4 Å². The molecule has 1 aromatic heterocycles. The van der Waals surface area contributed by atoms with Gasteiger partial charge in [0.2, 0.25) is 0 Å². The second kappa shape index (κ2) is 6.16. The van der Waals surface area contributed by atoms with Crippen LogP contribution in [0.4, 0.5) is 11.5 Å². The van der Waals surface area contributed by atoms with Gasteiger partial charge in [-0.25, -0.2) is 0 Å². The van der Waals surface area contributed by atoms with Gasteiger partial charge in [-0.3, -0.25) is 4.57 Å². The molecule has 0 unspecified atom stereocenters. The number of halogens is 2. The lowest BCUT2D eigenvalue weighted by Gasteiger charge is -2.12. The largest absolute Gasteiger partial charge is 0.340 e. The van der Waals surface area contributed by atoms with E-state index >= 15 is 0 Å². The van der Waals surface area contributed by atoms with Gasteiger partial charge in [0.1, 0.15) is 5.82 Å². The summed E-state index contributed by atoms with van der Waals surface area (Å²) in [6.07, 6.45) is 0. The standard InChI is InChI=1S/C16H13Cl2N3S/c1-10-15(20-13-6-2-4-11(17)8-13)21(16(22)19-10)14-7-3-5-12(18)9-14/h2-9,20H,1H3,(H,19,22). The summed E-state index contributed by atoms with van der Waals surface area (Å²) in [4.78, 5) is 3.17. The van der Waals surface area contributed by atoms with Crippen LogP contribution in [0.15, 0.2) is 48.5 Å². The average molecular weight is 350 g/mol. The summed E-state index contributed by atoms with van der Waals surface area (Å²) >= 11 is 17.6. The zero-order valence-electron chi connectivity index (χ0n) is 11.7. The highest BCUT2D eigenvalue weighted by Crippen LogP contribution is 2.27. The number of rotatable bonds is 3. The van der Waals surface area contributed by atoms with E-state index in [-0.39, 0.29) is 0 Å². The van der Waals surface area contributed by atoms with E-state index in [1.807, 2.05) is 60.0 Å². The monoisotopic (exact) mass is 349 g/mol. The number of nitrogens with zero attached hydrogens (tertiary/aromatic N) is 1. The van der Waals surface area contributed by atoms with Crippen LogP contribution < -0.4 is 5.32 Å². The minimum absolute atomic E-state index is 0.601. The smallest absolute Gasteiger partial charge is 0.183 e. The summed E-state index contributed by atoms with van der Waals surface area (Å²) in [5, 5.41) is 4.69. The van der Waals surface area contributed by atoms with Gasteiger partial charge in [-0.2, -0.15) is 0 Å². The molecule has 22 heavy (non-hydrogen) atoms. The fourth-order valence-electron chi connectivity index (χ4n) is 2.26. The highest BCUT2D eigenvalue weighted by molar-refractivity contribution is 7.71. The molecule has 112 valence electrons. The molecule has 2 aromatic carbocycles. The third kappa shape index (κ3) is 3.04. The number of aryl methyl sites for hydroxylation is 1. The van der Waals surface area contributed by atoms with Crippen LogP contribution in [0.2, 0.25) is 10.0 Å². The predicted molar refractivity (Wildman–Crippen MR) is 95.4 cm³/mol. The number of benzene rings is 2. The fraction of sp³-hybridized carbons (Fsp3) is 0.0625. The van der Waals surface area contributed by atoms with Gasteiger partial charge in [0.05, 0.1) is 11.4 Å². The molecule has 0 atom stereocenters. The first-order valence-electron chi connectivity index (χ1n) is 6.65. The van der Waals surface area contributed by atoms with Gasteiger partial charge < -0.3 is 10.3 Å². The van der Waals surface area contributed by atoms with E-state index < -0.39 is 0 Å². The fourth-order valence-corrected chi connectivity index (χ4v) is 2.98. The van der Waals surface area contributed by atoms with Crippen molar-refractivity contribution in [2.45, 2.75) is 6.92 Å². The Labute approximate surface area is 143 Å². The first-order valence-corrected chi connectivity index (χ1v) is 7.81. The Hall–Kier alpha value is -1.75. The van der Waals surface area contributed by atoms with Crippen molar-refractivity contribution in [3.8, 4) is 5.69 Å². The van der Waals surface area contributed by atoms with Crippen molar-refractivity contribution in [3.05, 3.63) is 69.0 Å². The number of aromatic amines is 1. The minimum atomic E-state index is 0.601. The molecule has 3 nitrogen and oxygen atoms in total. The van der Waals surface area contributed by atoms with Crippen molar-refractivity contribution in [1.82, 2.24) is 9.55 Å². The van der Waals surface area contributed by atoms with E-state index in [1.54, 1.807) is 0 Å². The van der Waals surface area contributed by atoms with Crippen LogP contribution in [0.3, 0.4) is 0 Å². The van der Waals surface area contributed by atoms with E-state index in [9.17, 15) is 0 Å². The van der Waals surface area contributed by atoms with Crippen LogP contribution in [0.25, 0.3) is 5.69 Å². The predicted octanol–water partition coefficient (Wildman–Crippen LogP) is 5.89. The normalized spacial score (nSPS) is 10.7. The van der Waals surface area contributed by atoms with Gasteiger partial charge in [0.15, 0.2) is 4.77 Å². The molecule has 0 spiro atoms. The highest BCUT2D eigenvalue weighted by atomic mass is 35.5. The van der Waals surface area contributed by atoms with Crippen molar-refractivity contribution >= 4 is 46.9 Å². The summed E-state index contributed by atoms with van der Waals surface area (Å²) in [6.45, 7) is 1.96. The number of H-pyrrole nitrogens is 1. The average Bonchev–Trinajstić information content (AvgIpc) is 2.73. The van der Waals surface area contributed by atoms with Gasteiger partial charge in [0, 0.05) is 15.7 Å².